The first-order chi connectivity index (χ1) is 13.1. The first-order valence-corrected chi connectivity index (χ1v) is 12.4. The van der Waals surface area contributed by atoms with Crippen molar-refractivity contribution in [1.29, 1.82) is 0 Å². The fourth-order valence-corrected chi connectivity index (χ4v) is 3.78. The summed E-state index contributed by atoms with van der Waals surface area (Å²) >= 11 is 0. The third-order valence-electron chi connectivity index (χ3n) is 4.94. The molecule has 0 aromatic heterocycles. The van der Waals surface area contributed by atoms with Crippen molar-refractivity contribution in [2.75, 3.05) is 6.61 Å². The van der Waals surface area contributed by atoms with E-state index in [1.165, 1.54) is 69.8 Å². The molecule has 0 amide bonds. The molecule has 0 N–H and O–H groups in total. The van der Waals surface area contributed by atoms with Gasteiger partial charge in [-0.05, 0) is 39.5 Å². The Labute approximate surface area is 168 Å². The van der Waals surface area contributed by atoms with Crippen LogP contribution in [0.4, 0.5) is 0 Å². The number of hydrogen-bond donors (Lipinski definition) is 0. The number of hydrogen-bond acceptors (Lipinski definition) is 4. The van der Waals surface area contributed by atoms with Gasteiger partial charge in [-0.15, -0.1) is 0 Å². The lowest BCUT2D eigenvalue weighted by atomic mass is 9.96. The van der Waals surface area contributed by atoms with Crippen LogP contribution in [0.2, 0.25) is 0 Å². The van der Waals surface area contributed by atoms with E-state index in [-0.39, 0.29) is 6.61 Å². The standard InChI is InChI=1S/C22H43O4P/c1-5-8-10-12-14-16-18-21(19-17-15-13-11-9-6-2)20(4)22(23)26-27(24)25-7-3/h27H,5-19H2,1-4H3. The molecule has 160 valence electrons. The Bertz CT molecular complexity index is 414. The van der Waals surface area contributed by atoms with Crippen LogP contribution in [-0.4, -0.2) is 12.6 Å². The summed E-state index contributed by atoms with van der Waals surface area (Å²) in [5.74, 6) is -0.473. The highest BCUT2D eigenvalue weighted by atomic mass is 31.1. The summed E-state index contributed by atoms with van der Waals surface area (Å²) in [6, 6.07) is 0. The summed E-state index contributed by atoms with van der Waals surface area (Å²) in [4.78, 5) is 12.3. The Morgan fingerprint density at radius 2 is 1.19 bits per heavy atom. The minimum Gasteiger partial charge on any atom is -0.390 e. The van der Waals surface area contributed by atoms with E-state index in [2.05, 4.69) is 13.8 Å². The quantitative estimate of drug-likeness (QED) is 0.133. The lowest BCUT2D eigenvalue weighted by molar-refractivity contribution is -0.130. The van der Waals surface area contributed by atoms with Crippen molar-refractivity contribution in [3.63, 3.8) is 0 Å². The Morgan fingerprint density at radius 3 is 1.63 bits per heavy atom. The third kappa shape index (κ3) is 15.0. The lowest BCUT2D eigenvalue weighted by Gasteiger charge is -2.13. The lowest BCUT2D eigenvalue weighted by Crippen LogP contribution is -2.05. The zero-order chi connectivity index (χ0) is 20.3. The second kappa shape index (κ2) is 18.7. The van der Waals surface area contributed by atoms with Crippen LogP contribution in [-0.2, 0) is 18.4 Å². The molecule has 0 fully saturated rings. The second-order valence-corrected chi connectivity index (χ2v) is 8.33. The van der Waals surface area contributed by atoms with Crippen molar-refractivity contribution >= 4 is 14.2 Å². The first kappa shape index (κ1) is 26.4. The van der Waals surface area contributed by atoms with Gasteiger partial charge in [0.25, 0.3) is 0 Å². The van der Waals surface area contributed by atoms with Gasteiger partial charge in [0.1, 0.15) is 0 Å². The van der Waals surface area contributed by atoms with E-state index in [1.807, 2.05) is 6.92 Å². The molecule has 0 saturated carbocycles. The SMILES string of the molecule is CCCCCCCCC(CCCCCCCC)=C(C)C(=O)O[PH](=O)OCC. The number of carbonyl (C=O) groups excluding carboxylic acids is 1. The summed E-state index contributed by atoms with van der Waals surface area (Å²) in [7, 11) is -2.72. The number of carbonyl (C=O) groups is 1. The van der Waals surface area contributed by atoms with Crippen molar-refractivity contribution in [1.82, 2.24) is 0 Å². The van der Waals surface area contributed by atoms with E-state index in [4.69, 9.17) is 9.05 Å². The highest BCUT2D eigenvalue weighted by Gasteiger charge is 2.15. The van der Waals surface area contributed by atoms with E-state index in [9.17, 15) is 9.36 Å². The van der Waals surface area contributed by atoms with E-state index in [0.717, 1.165) is 25.7 Å². The van der Waals surface area contributed by atoms with E-state index >= 15 is 0 Å². The molecule has 0 aliphatic heterocycles. The Morgan fingerprint density at radius 1 is 0.741 bits per heavy atom. The van der Waals surface area contributed by atoms with Crippen molar-refractivity contribution in [2.45, 2.75) is 118 Å². The highest BCUT2D eigenvalue weighted by Crippen LogP contribution is 2.28. The molecule has 1 atom stereocenters. The van der Waals surface area contributed by atoms with Gasteiger partial charge < -0.3 is 9.05 Å². The van der Waals surface area contributed by atoms with Gasteiger partial charge in [0.15, 0.2) is 0 Å². The van der Waals surface area contributed by atoms with Crippen molar-refractivity contribution < 1.29 is 18.4 Å². The summed E-state index contributed by atoms with van der Waals surface area (Å²) < 4.78 is 21.5. The zero-order valence-corrected chi connectivity index (χ0v) is 19.2. The van der Waals surface area contributed by atoms with Crippen LogP contribution in [0.5, 0.6) is 0 Å². The van der Waals surface area contributed by atoms with Crippen LogP contribution in [0.15, 0.2) is 11.1 Å². The molecule has 5 heteroatoms. The topological polar surface area (TPSA) is 52.6 Å². The van der Waals surface area contributed by atoms with Crippen LogP contribution >= 0.6 is 8.25 Å². The average Bonchev–Trinajstić information content (AvgIpc) is 2.65. The monoisotopic (exact) mass is 402 g/mol. The molecule has 0 aliphatic rings. The summed E-state index contributed by atoms with van der Waals surface area (Å²) in [6.07, 6.45) is 16.8. The summed E-state index contributed by atoms with van der Waals surface area (Å²) in [6.45, 7) is 8.29. The molecule has 1 unspecified atom stereocenters. The molecular formula is C22H43O4P. The van der Waals surface area contributed by atoms with Crippen LogP contribution in [0, 0.1) is 0 Å². The van der Waals surface area contributed by atoms with Crippen LogP contribution in [0.1, 0.15) is 118 Å². The van der Waals surface area contributed by atoms with Gasteiger partial charge in [-0.3, -0.25) is 0 Å². The number of allylic oxidation sites excluding steroid dienone is 1. The largest absolute Gasteiger partial charge is 0.390 e. The van der Waals surface area contributed by atoms with Crippen molar-refractivity contribution in [2.24, 2.45) is 0 Å². The summed E-state index contributed by atoms with van der Waals surface area (Å²) in [5.41, 5.74) is 1.81. The maximum absolute atomic E-state index is 12.3. The minimum atomic E-state index is -2.72. The molecule has 0 bridgehead atoms. The van der Waals surface area contributed by atoms with Crippen LogP contribution < -0.4 is 0 Å². The van der Waals surface area contributed by atoms with Gasteiger partial charge in [-0.1, -0.05) is 83.6 Å². The van der Waals surface area contributed by atoms with Gasteiger partial charge in [0.2, 0.25) is 0 Å². The molecule has 0 aliphatic carbocycles. The van der Waals surface area contributed by atoms with Gasteiger partial charge in [0.05, 0.1) is 6.61 Å². The van der Waals surface area contributed by atoms with Gasteiger partial charge in [-0.2, -0.15) is 0 Å². The fourth-order valence-electron chi connectivity index (χ4n) is 3.18. The smallest absolute Gasteiger partial charge is 0.370 e. The maximum Gasteiger partial charge on any atom is 0.370 e. The molecule has 0 aromatic carbocycles. The molecular weight excluding hydrogens is 359 g/mol. The van der Waals surface area contributed by atoms with Gasteiger partial charge in [0, 0.05) is 5.57 Å². The summed E-state index contributed by atoms with van der Waals surface area (Å²) in [5, 5.41) is 0. The Kier molecular flexibility index (Phi) is 18.3. The van der Waals surface area contributed by atoms with Crippen molar-refractivity contribution in [3.8, 4) is 0 Å². The van der Waals surface area contributed by atoms with Crippen LogP contribution in [0.3, 0.4) is 0 Å². The predicted molar refractivity (Wildman–Crippen MR) is 115 cm³/mol. The van der Waals surface area contributed by atoms with Crippen LogP contribution in [0.25, 0.3) is 0 Å². The normalized spacial score (nSPS) is 12.0. The molecule has 4 nitrogen and oxygen atoms in total. The average molecular weight is 403 g/mol. The highest BCUT2D eigenvalue weighted by molar-refractivity contribution is 7.34. The zero-order valence-electron chi connectivity index (χ0n) is 18.2. The molecule has 0 aromatic rings. The van der Waals surface area contributed by atoms with Gasteiger partial charge in [-0.25, -0.2) is 9.36 Å². The Hall–Kier alpha value is -0.600. The molecule has 0 spiro atoms. The van der Waals surface area contributed by atoms with Gasteiger partial charge >= 0.3 is 14.2 Å². The third-order valence-corrected chi connectivity index (χ3v) is 5.82. The maximum atomic E-state index is 12.3. The predicted octanol–water partition coefficient (Wildman–Crippen LogP) is 7.77. The second-order valence-electron chi connectivity index (χ2n) is 7.34. The number of unbranched alkanes of at least 4 members (excludes halogenated alkanes) is 10. The van der Waals surface area contributed by atoms with E-state index in [0.29, 0.717) is 5.57 Å². The Balaban J connectivity index is 4.57. The minimum absolute atomic E-state index is 0.288. The number of rotatable bonds is 18. The molecule has 0 saturated heterocycles. The first-order valence-electron chi connectivity index (χ1n) is 11.1. The fraction of sp³-hybridized carbons (Fsp3) is 0.864. The van der Waals surface area contributed by atoms with Crippen molar-refractivity contribution in [3.05, 3.63) is 11.1 Å². The van der Waals surface area contributed by atoms with E-state index < -0.39 is 14.2 Å². The molecule has 27 heavy (non-hydrogen) atoms. The molecule has 0 rings (SSSR count). The molecule has 0 radical (unpaired) electrons. The molecule has 0 heterocycles. The van der Waals surface area contributed by atoms with E-state index in [1.54, 1.807) is 6.92 Å².